The highest BCUT2D eigenvalue weighted by atomic mass is 16.1. The van der Waals surface area contributed by atoms with E-state index >= 15 is 0 Å². The van der Waals surface area contributed by atoms with Crippen LogP contribution in [0.15, 0.2) is 50.1 Å². The number of aldehydes is 1. The molecule has 1 aromatic rings. The van der Waals surface area contributed by atoms with Crippen LogP contribution in [0.1, 0.15) is 128 Å². The van der Waals surface area contributed by atoms with E-state index in [9.17, 15) is 4.79 Å². The van der Waals surface area contributed by atoms with E-state index in [0.717, 1.165) is 86.9 Å². The monoisotopic (exact) mass is 608 g/mol. The molecule has 0 radical (unpaired) electrons. The Labute approximate surface area is 273 Å². The second-order valence-electron chi connectivity index (χ2n) is 12.6. The maximum absolute atomic E-state index is 11.6. The predicted molar refractivity (Wildman–Crippen MR) is 197 cm³/mol. The van der Waals surface area contributed by atoms with Gasteiger partial charge in [0.2, 0.25) is 0 Å². The average Bonchev–Trinajstić information content (AvgIpc) is 3.07. The smallest absolute Gasteiger partial charge is 0.150 e. The van der Waals surface area contributed by atoms with Gasteiger partial charge in [0.25, 0.3) is 0 Å². The van der Waals surface area contributed by atoms with E-state index < -0.39 is 0 Å². The van der Waals surface area contributed by atoms with Gasteiger partial charge in [0.1, 0.15) is 6.29 Å². The first kappa shape index (κ1) is 39.9. The molecule has 3 unspecified atom stereocenters. The normalized spacial score (nSPS) is 18.5. The molecular formula is C40H69N3O. The minimum absolute atomic E-state index is 0.323. The first-order valence-corrected chi connectivity index (χ1v) is 18.1. The number of nitrogens with zero attached hydrogens (tertiary/aromatic N) is 3. The molecule has 0 N–H and O–H groups in total. The van der Waals surface area contributed by atoms with E-state index in [4.69, 9.17) is 0 Å². The third kappa shape index (κ3) is 13.9. The molecule has 1 heterocycles. The number of fused-ring (bicyclic) bond motifs is 1. The summed E-state index contributed by atoms with van der Waals surface area (Å²) in [7, 11) is 0. The molecule has 250 valence electrons. The summed E-state index contributed by atoms with van der Waals surface area (Å²) in [6, 6.07) is 6.36. The van der Waals surface area contributed by atoms with Crippen molar-refractivity contribution in [1.29, 1.82) is 0 Å². The zero-order valence-corrected chi connectivity index (χ0v) is 29.8. The Bertz CT molecular complexity index is 939. The molecule has 0 amide bonds. The van der Waals surface area contributed by atoms with Crippen LogP contribution in [0, 0.1) is 11.8 Å². The summed E-state index contributed by atoms with van der Waals surface area (Å²) >= 11 is 0. The van der Waals surface area contributed by atoms with Gasteiger partial charge >= 0.3 is 0 Å². The number of rotatable bonds is 18. The van der Waals surface area contributed by atoms with Gasteiger partial charge in [-0.25, -0.2) is 0 Å². The highest BCUT2D eigenvalue weighted by molar-refractivity contribution is 5.83. The number of hydrogen-bond acceptors (Lipinski definition) is 4. The van der Waals surface area contributed by atoms with Gasteiger partial charge in [0.05, 0.1) is 0 Å². The fourth-order valence-corrected chi connectivity index (χ4v) is 6.64. The molecule has 1 saturated heterocycles. The Morgan fingerprint density at radius 1 is 0.977 bits per heavy atom. The van der Waals surface area contributed by atoms with Gasteiger partial charge in [-0.1, -0.05) is 110 Å². The summed E-state index contributed by atoms with van der Waals surface area (Å²) in [6.45, 7) is 32.8. The van der Waals surface area contributed by atoms with Gasteiger partial charge in [-0.2, -0.15) is 0 Å². The number of allylic oxidation sites excluding steroid dienone is 1. The van der Waals surface area contributed by atoms with Crippen molar-refractivity contribution in [3.05, 3.63) is 61.2 Å². The van der Waals surface area contributed by atoms with Gasteiger partial charge in [-0.15, -0.1) is 13.2 Å². The number of carbonyl (C=O) groups is 1. The molecule has 3 rings (SSSR count). The number of hydrogen-bond donors (Lipinski definition) is 0. The van der Waals surface area contributed by atoms with Crippen molar-refractivity contribution in [3.63, 3.8) is 0 Å². The van der Waals surface area contributed by atoms with E-state index in [0.29, 0.717) is 11.6 Å². The lowest BCUT2D eigenvalue weighted by atomic mass is 9.75. The van der Waals surface area contributed by atoms with E-state index in [1.165, 1.54) is 64.5 Å². The molecule has 4 nitrogen and oxygen atoms in total. The first-order valence-electron chi connectivity index (χ1n) is 18.1. The quantitative estimate of drug-likeness (QED) is 0.123. The maximum atomic E-state index is 11.6. The summed E-state index contributed by atoms with van der Waals surface area (Å²) in [5.41, 5.74) is 4.14. The number of anilines is 1. The van der Waals surface area contributed by atoms with E-state index in [1.807, 2.05) is 32.1 Å². The highest BCUT2D eigenvalue weighted by Crippen LogP contribution is 2.36. The fraction of sp³-hybridized carbons (Fsp3) is 0.675. The summed E-state index contributed by atoms with van der Waals surface area (Å²) in [5, 5.41) is 0. The van der Waals surface area contributed by atoms with Crippen molar-refractivity contribution in [2.45, 2.75) is 118 Å². The molecule has 1 aliphatic heterocycles. The molecular weight excluding hydrogens is 538 g/mol. The van der Waals surface area contributed by atoms with Crippen LogP contribution in [0.25, 0.3) is 5.57 Å². The Balaban J connectivity index is 0.00000125. The fourth-order valence-electron chi connectivity index (χ4n) is 6.64. The number of unbranched alkanes of at least 4 members (excludes halogenated alkanes) is 2. The molecule has 2 aliphatic rings. The first-order chi connectivity index (χ1) is 21.4. The number of carbonyl (C=O) groups excluding carboxylic acids is 1. The van der Waals surface area contributed by atoms with Crippen molar-refractivity contribution in [2.75, 3.05) is 50.7 Å². The largest absolute Gasteiger partial charge is 0.369 e. The van der Waals surface area contributed by atoms with Gasteiger partial charge in [0, 0.05) is 62.1 Å². The molecule has 0 spiro atoms. The lowest BCUT2D eigenvalue weighted by Crippen LogP contribution is -2.47. The van der Waals surface area contributed by atoms with Crippen LogP contribution in [0.5, 0.6) is 0 Å². The summed E-state index contributed by atoms with van der Waals surface area (Å²) in [4.78, 5) is 19.4. The number of likely N-dealkylation sites (tertiary alicyclic amines) is 1. The van der Waals surface area contributed by atoms with Crippen molar-refractivity contribution >= 4 is 17.5 Å². The van der Waals surface area contributed by atoms with E-state index in [1.54, 1.807) is 0 Å². The molecule has 0 bridgehead atoms. The Kier molecular flexibility index (Phi) is 21.8. The van der Waals surface area contributed by atoms with E-state index in [-0.39, 0.29) is 0 Å². The van der Waals surface area contributed by atoms with Crippen molar-refractivity contribution in [2.24, 2.45) is 11.8 Å². The molecule has 2 fully saturated rings. The van der Waals surface area contributed by atoms with E-state index in [2.05, 4.69) is 74.3 Å². The topological polar surface area (TPSA) is 26.8 Å². The van der Waals surface area contributed by atoms with Crippen LogP contribution >= 0.6 is 0 Å². The molecule has 1 saturated carbocycles. The molecule has 0 aromatic heterocycles. The Morgan fingerprint density at radius 3 is 2.27 bits per heavy atom. The third-order valence-corrected chi connectivity index (χ3v) is 9.39. The minimum Gasteiger partial charge on any atom is -0.369 e. The molecule has 4 heteroatoms. The zero-order valence-electron chi connectivity index (χ0n) is 29.8. The third-order valence-electron chi connectivity index (χ3n) is 9.39. The molecule has 3 atom stereocenters. The SMILES string of the molecule is C=CCCN(CCN(CCN1CCC2CCCCC2C1)C(C)C=C)c1cc(C=O)ccc1C(=C)CCC.CC.CCCCC. The summed E-state index contributed by atoms with van der Waals surface area (Å²) in [6.07, 6.45) is 19.1. The van der Waals surface area contributed by atoms with Crippen molar-refractivity contribution in [3.8, 4) is 0 Å². The Morgan fingerprint density at radius 2 is 1.68 bits per heavy atom. The van der Waals surface area contributed by atoms with Crippen molar-refractivity contribution < 1.29 is 4.79 Å². The van der Waals surface area contributed by atoms with Crippen LogP contribution in [0.3, 0.4) is 0 Å². The van der Waals surface area contributed by atoms with Crippen LogP contribution in [0.2, 0.25) is 0 Å². The highest BCUT2D eigenvalue weighted by Gasteiger charge is 2.31. The molecule has 44 heavy (non-hydrogen) atoms. The van der Waals surface area contributed by atoms with Crippen molar-refractivity contribution in [1.82, 2.24) is 9.80 Å². The standard InChI is InChI=1S/C33H51N3O.C5H12.C2H6/c1-6-9-18-36(33-24-29(26-37)15-16-32(33)27(4)12-7-2)23-22-35(28(5)8-3)21-20-34-19-17-30-13-10-11-14-31(30)25-34;1-3-5-4-2;1-2/h6,8,15-16,24,26,28,30-31H,1,3-4,7,9-14,17-23,25H2,2,5H3;3-5H2,1-2H3;1-2H3. The number of piperidine rings is 1. The van der Waals surface area contributed by atoms with Gasteiger partial charge in [-0.05, 0) is 62.6 Å². The second-order valence-corrected chi connectivity index (χ2v) is 12.6. The van der Waals surface area contributed by atoms with Gasteiger partial charge in [-0.3, -0.25) is 9.69 Å². The van der Waals surface area contributed by atoms with Crippen LogP contribution in [0.4, 0.5) is 5.69 Å². The summed E-state index contributed by atoms with van der Waals surface area (Å²) < 4.78 is 0. The number of benzene rings is 1. The lowest BCUT2D eigenvalue weighted by molar-refractivity contribution is 0.0763. The average molecular weight is 608 g/mol. The van der Waals surface area contributed by atoms with Crippen LogP contribution in [-0.2, 0) is 0 Å². The van der Waals surface area contributed by atoms with Gasteiger partial charge < -0.3 is 9.80 Å². The zero-order chi connectivity index (χ0) is 32.7. The minimum atomic E-state index is 0.323. The molecule has 1 aliphatic carbocycles. The lowest BCUT2D eigenvalue weighted by Gasteiger charge is -2.42. The summed E-state index contributed by atoms with van der Waals surface area (Å²) in [5.74, 6) is 1.90. The Hall–Kier alpha value is -2.17. The van der Waals surface area contributed by atoms with Crippen LogP contribution < -0.4 is 4.90 Å². The van der Waals surface area contributed by atoms with Crippen LogP contribution in [-0.4, -0.2) is 67.9 Å². The second kappa shape index (κ2) is 24.1. The molecule has 1 aromatic carbocycles. The van der Waals surface area contributed by atoms with Gasteiger partial charge in [0.15, 0.2) is 0 Å². The maximum Gasteiger partial charge on any atom is 0.150 e. The predicted octanol–water partition coefficient (Wildman–Crippen LogP) is 10.3.